The van der Waals surface area contributed by atoms with Crippen molar-refractivity contribution in [1.29, 1.82) is 0 Å². The molecule has 0 aliphatic carbocycles. The predicted octanol–water partition coefficient (Wildman–Crippen LogP) is 5.74. The van der Waals surface area contributed by atoms with Gasteiger partial charge in [-0.3, -0.25) is 0 Å². The first kappa shape index (κ1) is 25.0. The van der Waals surface area contributed by atoms with Crippen LogP contribution >= 0.6 is 31.9 Å². The number of methoxy groups -OCH3 is 3. The molecule has 0 saturated carbocycles. The van der Waals surface area contributed by atoms with E-state index in [1.54, 1.807) is 19.3 Å². The van der Waals surface area contributed by atoms with Crippen LogP contribution in [0.1, 0.15) is 26.3 Å². The fourth-order valence-corrected chi connectivity index (χ4v) is 4.55. The molecular weight excluding hydrogens is 512 g/mol. The smallest absolute Gasteiger partial charge is 0.371 e. The van der Waals surface area contributed by atoms with Crippen LogP contribution in [-0.4, -0.2) is 42.4 Å². The minimum absolute atomic E-state index is 0.0286. The number of ether oxygens (including phenoxy) is 4. The van der Waals surface area contributed by atoms with Crippen LogP contribution in [0.15, 0.2) is 20.8 Å². The number of hydrogen-bond donors (Lipinski definition) is 0. The quantitative estimate of drug-likeness (QED) is 0.138. The van der Waals surface area contributed by atoms with Crippen molar-refractivity contribution in [3.05, 3.63) is 26.3 Å². The van der Waals surface area contributed by atoms with Gasteiger partial charge in [-0.1, -0.05) is 20.8 Å². The van der Waals surface area contributed by atoms with Gasteiger partial charge in [0.05, 0.1) is 18.7 Å². The molecule has 0 spiro atoms. The molecule has 1 aromatic carbocycles. The summed E-state index contributed by atoms with van der Waals surface area (Å²) in [5.41, 5.74) is 0.607. The van der Waals surface area contributed by atoms with Crippen molar-refractivity contribution in [3.8, 4) is 11.5 Å². The molecule has 0 radical (unpaired) electrons. The highest BCUT2D eigenvalue weighted by atomic mass is 79.9. The van der Waals surface area contributed by atoms with Crippen molar-refractivity contribution in [3.63, 3.8) is 0 Å². The maximum Gasteiger partial charge on any atom is 0.371 e. The molecule has 1 aromatic rings. The van der Waals surface area contributed by atoms with Gasteiger partial charge in [-0.25, -0.2) is 4.79 Å². The number of rotatable bonds is 8. The zero-order valence-corrected chi connectivity index (χ0v) is 21.7. The molecule has 0 heterocycles. The Kier molecular flexibility index (Phi) is 9.05. The van der Waals surface area contributed by atoms with E-state index in [1.807, 2.05) is 0 Å². The third-order valence-electron chi connectivity index (χ3n) is 4.53. The van der Waals surface area contributed by atoms with Crippen LogP contribution in [0, 0.1) is 0 Å². The Morgan fingerprint density at radius 2 is 1.75 bits per heavy atom. The standard InChI is InChI=1S/C19H28Br2O6Si/c1-19(2,3)28(7,8)27-14(18(22)25-6)10-12-9-13(20)17(24-5)15(21)16(12)26-11-23-4/h9-10H,11H2,1-8H3/b14-10-. The van der Waals surface area contributed by atoms with Crippen molar-refractivity contribution in [1.82, 2.24) is 0 Å². The summed E-state index contributed by atoms with van der Waals surface area (Å²) in [7, 11) is 2.14. The van der Waals surface area contributed by atoms with Gasteiger partial charge in [-0.15, -0.1) is 0 Å². The minimum atomic E-state index is -2.27. The molecule has 0 saturated heterocycles. The van der Waals surface area contributed by atoms with Crippen molar-refractivity contribution in [2.75, 3.05) is 28.1 Å². The monoisotopic (exact) mass is 538 g/mol. The topological polar surface area (TPSA) is 63.2 Å². The van der Waals surface area contributed by atoms with Crippen LogP contribution in [-0.2, 0) is 18.7 Å². The third kappa shape index (κ3) is 5.98. The van der Waals surface area contributed by atoms with Crippen LogP contribution in [0.5, 0.6) is 11.5 Å². The molecule has 0 atom stereocenters. The van der Waals surface area contributed by atoms with Crippen LogP contribution in [0.3, 0.4) is 0 Å². The summed E-state index contributed by atoms with van der Waals surface area (Å²) in [5, 5.41) is -0.0867. The summed E-state index contributed by atoms with van der Waals surface area (Å²) in [6.07, 6.45) is 1.62. The molecule has 0 unspecified atom stereocenters. The van der Waals surface area contributed by atoms with E-state index in [0.29, 0.717) is 26.0 Å². The van der Waals surface area contributed by atoms with Crippen molar-refractivity contribution in [2.45, 2.75) is 38.9 Å². The molecule has 28 heavy (non-hydrogen) atoms. The Hall–Kier alpha value is -1.03. The van der Waals surface area contributed by atoms with Crippen LogP contribution in [0.2, 0.25) is 18.1 Å². The lowest BCUT2D eigenvalue weighted by Gasteiger charge is -2.36. The second-order valence-electron chi connectivity index (χ2n) is 7.54. The highest BCUT2D eigenvalue weighted by Gasteiger charge is 2.40. The lowest BCUT2D eigenvalue weighted by Crippen LogP contribution is -2.41. The van der Waals surface area contributed by atoms with Gasteiger partial charge in [-0.2, -0.15) is 0 Å². The normalized spacial score (nSPS) is 12.6. The maximum atomic E-state index is 12.4. The Bertz CT molecular complexity index is 741. The lowest BCUT2D eigenvalue weighted by molar-refractivity contribution is -0.138. The average Bonchev–Trinajstić information content (AvgIpc) is 2.59. The van der Waals surface area contributed by atoms with E-state index in [4.69, 9.17) is 23.4 Å². The molecule has 0 amide bonds. The Morgan fingerprint density at radius 3 is 2.21 bits per heavy atom. The number of esters is 1. The first-order chi connectivity index (χ1) is 12.9. The van der Waals surface area contributed by atoms with E-state index in [2.05, 4.69) is 65.7 Å². The molecule has 0 aliphatic heterocycles. The first-order valence-electron chi connectivity index (χ1n) is 8.56. The van der Waals surface area contributed by atoms with Gasteiger partial charge in [0.2, 0.25) is 0 Å². The van der Waals surface area contributed by atoms with E-state index in [0.717, 1.165) is 0 Å². The van der Waals surface area contributed by atoms with E-state index in [9.17, 15) is 4.79 Å². The molecule has 0 bridgehead atoms. The van der Waals surface area contributed by atoms with Gasteiger partial charge < -0.3 is 23.4 Å². The van der Waals surface area contributed by atoms with Crippen molar-refractivity contribution < 1.29 is 28.2 Å². The maximum absolute atomic E-state index is 12.4. The van der Waals surface area contributed by atoms with Gasteiger partial charge in [0, 0.05) is 12.7 Å². The van der Waals surface area contributed by atoms with Gasteiger partial charge in [0.25, 0.3) is 8.32 Å². The number of benzene rings is 1. The molecule has 0 fully saturated rings. The zero-order chi connectivity index (χ0) is 21.7. The molecule has 6 nitrogen and oxygen atoms in total. The third-order valence-corrected chi connectivity index (χ3v) is 10.2. The summed E-state index contributed by atoms with van der Waals surface area (Å²) >= 11 is 6.98. The minimum Gasteiger partial charge on any atom is -0.539 e. The number of carbonyl (C=O) groups excluding carboxylic acids is 1. The van der Waals surface area contributed by atoms with E-state index >= 15 is 0 Å². The summed E-state index contributed by atoms with van der Waals surface area (Å²) in [5.74, 6) is 0.598. The van der Waals surface area contributed by atoms with E-state index in [-0.39, 0.29) is 17.6 Å². The second kappa shape index (κ2) is 10.1. The fraction of sp³-hybridized carbons (Fsp3) is 0.526. The van der Waals surface area contributed by atoms with Gasteiger partial charge in [0.15, 0.2) is 18.3 Å². The summed E-state index contributed by atoms with van der Waals surface area (Å²) in [6, 6.07) is 1.78. The molecule has 0 N–H and O–H groups in total. The number of carbonyl (C=O) groups is 1. The van der Waals surface area contributed by atoms with Crippen molar-refractivity contribution >= 4 is 52.2 Å². The Labute approximate surface area is 184 Å². The molecule has 9 heteroatoms. The Morgan fingerprint density at radius 1 is 1.14 bits per heavy atom. The molecule has 0 aliphatic rings. The first-order valence-corrected chi connectivity index (χ1v) is 13.1. The summed E-state index contributed by atoms with van der Waals surface area (Å²) < 4.78 is 28.6. The highest BCUT2D eigenvalue weighted by Crippen LogP contribution is 2.44. The summed E-state index contributed by atoms with van der Waals surface area (Å²) in [4.78, 5) is 12.4. The average molecular weight is 540 g/mol. The SMILES string of the molecule is COCOc1c(/C=C(\O[Si](C)(C)C(C)(C)C)C(=O)OC)cc(Br)c(OC)c1Br. The van der Waals surface area contributed by atoms with Crippen LogP contribution in [0.25, 0.3) is 6.08 Å². The van der Waals surface area contributed by atoms with Crippen LogP contribution in [0.4, 0.5) is 0 Å². The van der Waals surface area contributed by atoms with Crippen molar-refractivity contribution in [2.24, 2.45) is 0 Å². The fourth-order valence-electron chi connectivity index (χ4n) is 1.96. The molecule has 1 rings (SSSR count). The lowest BCUT2D eigenvalue weighted by atomic mass is 10.1. The number of halogens is 2. The number of hydrogen-bond acceptors (Lipinski definition) is 6. The largest absolute Gasteiger partial charge is 0.539 e. The molecular formula is C19H28Br2O6Si. The molecule has 0 aromatic heterocycles. The second-order valence-corrected chi connectivity index (χ2v) is 13.9. The van der Waals surface area contributed by atoms with Gasteiger partial charge >= 0.3 is 5.97 Å². The van der Waals surface area contributed by atoms with Gasteiger partial charge in [-0.05, 0) is 62.1 Å². The Balaban J connectivity index is 3.58. The molecule has 158 valence electrons. The van der Waals surface area contributed by atoms with E-state index in [1.165, 1.54) is 14.2 Å². The van der Waals surface area contributed by atoms with Crippen LogP contribution < -0.4 is 9.47 Å². The highest BCUT2D eigenvalue weighted by molar-refractivity contribution is 9.11. The summed E-state index contributed by atoms with van der Waals surface area (Å²) in [6.45, 7) is 10.4. The van der Waals surface area contributed by atoms with Gasteiger partial charge in [0.1, 0.15) is 10.2 Å². The van der Waals surface area contributed by atoms with E-state index < -0.39 is 14.3 Å². The zero-order valence-electron chi connectivity index (χ0n) is 17.6. The predicted molar refractivity (Wildman–Crippen MR) is 119 cm³/mol.